The Labute approximate surface area is 166 Å². The average molecular weight is 385 g/mol. The first-order chi connectivity index (χ1) is 13.5. The Bertz CT molecular complexity index is 819. The molecule has 4 nitrogen and oxygen atoms in total. The first-order valence-corrected chi connectivity index (χ1v) is 10.0. The molecule has 1 heterocycles. The van der Waals surface area contributed by atoms with Crippen molar-refractivity contribution in [2.75, 3.05) is 0 Å². The predicted molar refractivity (Wildman–Crippen MR) is 107 cm³/mol. The number of amides is 1. The van der Waals surface area contributed by atoms with Crippen molar-refractivity contribution in [3.05, 3.63) is 59.9 Å². The summed E-state index contributed by atoms with van der Waals surface area (Å²) in [6, 6.07) is 13.8. The van der Waals surface area contributed by atoms with Gasteiger partial charge in [0.25, 0.3) is 5.91 Å². The van der Waals surface area contributed by atoms with E-state index in [2.05, 4.69) is 19.2 Å². The number of nitrogens with one attached hydrogen (secondary N) is 1. The SMILES string of the molecule is CC[C@H](Oc1ccccc1F)C(=O)N[C@@H]1CC(CC)(CC)Oc2ccccc21. The number of fused-ring (bicyclic) bond motifs is 1. The Kier molecular flexibility index (Phi) is 6.22. The highest BCUT2D eigenvalue weighted by molar-refractivity contribution is 5.81. The smallest absolute Gasteiger partial charge is 0.261 e. The Balaban J connectivity index is 1.80. The highest BCUT2D eigenvalue weighted by atomic mass is 19.1. The van der Waals surface area contributed by atoms with Crippen molar-refractivity contribution in [1.29, 1.82) is 0 Å². The summed E-state index contributed by atoms with van der Waals surface area (Å²) in [5, 5.41) is 3.12. The molecule has 0 aromatic heterocycles. The predicted octanol–water partition coefficient (Wildman–Crippen LogP) is 5.18. The van der Waals surface area contributed by atoms with Crippen molar-refractivity contribution >= 4 is 5.91 Å². The molecule has 1 aliphatic rings. The second-order valence-electron chi connectivity index (χ2n) is 7.24. The molecule has 28 heavy (non-hydrogen) atoms. The second kappa shape index (κ2) is 8.63. The maximum absolute atomic E-state index is 13.9. The van der Waals surface area contributed by atoms with Crippen LogP contribution in [0, 0.1) is 5.82 Å². The Hall–Kier alpha value is -2.56. The molecular formula is C23H28FNO3. The molecule has 1 N–H and O–H groups in total. The van der Waals surface area contributed by atoms with Crippen molar-refractivity contribution < 1.29 is 18.7 Å². The number of carbonyl (C=O) groups is 1. The molecule has 2 aromatic carbocycles. The highest BCUT2D eigenvalue weighted by Gasteiger charge is 2.39. The van der Waals surface area contributed by atoms with Gasteiger partial charge >= 0.3 is 0 Å². The fourth-order valence-electron chi connectivity index (χ4n) is 3.71. The summed E-state index contributed by atoms with van der Waals surface area (Å²) in [5.74, 6) is 0.189. The Morgan fingerprint density at radius 3 is 2.54 bits per heavy atom. The van der Waals surface area contributed by atoms with Crippen LogP contribution in [0.4, 0.5) is 4.39 Å². The molecule has 0 saturated carbocycles. The van der Waals surface area contributed by atoms with E-state index in [1.807, 2.05) is 31.2 Å². The topological polar surface area (TPSA) is 47.6 Å². The average Bonchev–Trinajstić information content (AvgIpc) is 2.72. The van der Waals surface area contributed by atoms with Crippen LogP contribution in [-0.2, 0) is 4.79 Å². The standard InChI is InChI=1S/C23H28FNO3/c1-4-19(27-21-14-10-8-12-17(21)24)22(26)25-18-15-23(5-2,6-3)28-20-13-9-7-11-16(18)20/h7-14,18-19H,4-6,15H2,1-3H3,(H,25,26)/t18-,19+/m1/s1. The first kappa shape index (κ1) is 20.2. The van der Waals surface area contributed by atoms with Crippen LogP contribution in [-0.4, -0.2) is 17.6 Å². The van der Waals surface area contributed by atoms with Crippen LogP contribution >= 0.6 is 0 Å². The number of ether oxygens (including phenoxy) is 2. The molecule has 0 fully saturated rings. The molecule has 5 heteroatoms. The number of benzene rings is 2. The van der Waals surface area contributed by atoms with Gasteiger partial charge in [-0.15, -0.1) is 0 Å². The lowest BCUT2D eigenvalue weighted by Crippen LogP contribution is -2.47. The summed E-state index contributed by atoms with van der Waals surface area (Å²) >= 11 is 0. The van der Waals surface area contributed by atoms with Gasteiger partial charge in [-0.1, -0.05) is 51.1 Å². The molecule has 0 bridgehead atoms. The molecular weight excluding hydrogens is 357 g/mol. The van der Waals surface area contributed by atoms with Gasteiger partial charge in [0.15, 0.2) is 17.7 Å². The third-order valence-electron chi connectivity index (χ3n) is 5.57. The third kappa shape index (κ3) is 4.13. The van der Waals surface area contributed by atoms with Crippen LogP contribution in [0.15, 0.2) is 48.5 Å². The van der Waals surface area contributed by atoms with Gasteiger partial charge in [-0.25, -0.2) is 4.39 Å². The van der Waals surface area contributed by atoms with E-state index in [0.717, 1.165) is 24.2 Å². The molecule has 1 aliphatic heterocycles. The van der Waals surface area contributed by atoms with Gasteiger partial charge in [-0.05, 0) is 37.5 Å². The minimum Gasteiger partial charge on any atom is -0.487 e. The van der Waals surface area contributed by atoms with Gasteiger partial charge in [0.05, 0.1) is 6.04 Å². The van der Waals surface area contributed by atoms with E-state index < -0.39 is 11.9 Å². The van der Waals surface area contributed by atoms with E-state index in [-0.39, 0.29) is 23.3 Å². The Morgan fingerprint density at radius 2 is 1.86 bits per heavy atom. The molecule has 0 radical (unpaired) electrons. The van der Waals surface area contributed by atoms with Crippen LogP contribution in [0.1, 0.15) is 58.1 Å². The van der Waals surface area contributed by atoms with E-state index in [4.69, 9.17) is 9.47 Å². The molecule has 0 aliphatic carbocycles. The molecule has 2 atom stereocenters. The molecule has 3 rings (SSSR count). The summed E-state index contributed by atoms with van der Waals surface area (Å²) in [6.07, 6.45) is 2.08. The number of carbonyl (C=O) groups excluding carboxylic acids is 1. The molecule has 0 unspecified atom stereocenters. The number of halogens is 1. The minimum atomic E-state index is -0.760. The van der Waals surface area contributed by atoms with E-state index >= 15 is 0 Å². The molecule has 150 valence electrons. The van der Waals surface area contributed by atoms with Gasteiger partial charge in [-0.2, -0.15) is 0 Å². The largest absolute Gasteiger partial charge is 0.487 e. The van der Waals surface area contributed by atoms with Gasteiger partial charge in [0.1, 0.15) is 11.4 Å². The van der Waals surface area contributed by atoms with Gasteiger partial charge in [0.2, 0.25) is 0 Å². The third-order valence-corrected chi connectivity index (χ3v) is 5.57. The lowest BCUT2D eigenvalue weighted by molar-refractivity contribution is -0.129. The van der Waals surface area contributed by atoms with Crippen LogP contribution < -0.4 is 14.8 Å². The van der Waals surface area contributed by atoms with Gasteiger partial charge in [0, 0.05) is 12.0 Å². The minimum absolute atomic E-state index is 0.0911. The van der Waals surface area contributed by atoms with Crippen molar-refractivity contribution in [1.82, 2.24) is 5.32 Å². The monoisotopic (exact) mass is 385 g/mol. The van der Waals surface area contributed by atoms with E-state index in [1.54, 1.807) is 12.1 Å². The zero-order valence-electron chi connectivity index (χ0n) is 16.7. The first-order valence-electron chi connectivity index (χ1n) is 10.0. The Morgan fingerprint density at radius 1 is 1.18 bits per heavy atom. The molecule has 0 saturated heterocycles. The fourth-order valence-corrected chi connectivity index (χ4v) is 3.71. The van der Waals surface area contributed by atoms with E-state index in [9.17, 15) is 9.18 Å². The number of para-hydroxylation sites is 2. The van der Waals surface area contributed by atoms with Crippen molar-refractivity contribution in [2.24, 2.45) is 0 Å². The van der Waals surface area contributed by atoms with Crippen LogP contribution in [0.5, 0.6) is 11.5 Å². The zero-order chi connectivity index (χ0) is 20.1. The molecule has 0 spiro atoms. The highest BCUT2D eigenvalue weighted by Crippen LogP contribution is 2.42. The number of hydrogen-bond donors (Lipinski definition) is 1. The van der Waals surface area contributed by atoms with Gasteiger partial charge in [-0.3, -0.25) is 4.79 Å². The summed E-state index contributed by atoms with van der Waals surface area (Å²) in [6.45, 7) is 6.06. The summed E-state index contributed by atoms with van der Waals surface area (Å²) in [7, 11) is 0. The van der Waals surface area contributed by atoms with Crippen LogP contribution in [0.3, 0.4) is 0 Å². The zero-order valence-corrected chi connectivity index (χ0v) is 16.7. The number of hydrogen-bond acceptors (Lipinski definition) is 3. The summed E-state index contributed by atoms with van der Waals surface area (Å²) in [4.78, 5) is 13.0. The van der Waals surface area contributed by atoms with Crippen LogP contribution in [0.2, 0.25) is 0 Å². The fraction of sp³-hybridized carbons (Fsp3) is 0.435. The number of rotatable bonds is 7. The molecule has 2 aromatic rings. The maximum Gasteiger partial charge on any atom is 0.261 e. The van der Waals surface area contributed by atoms with E-state index in [0.29, 0.717) is 12.8 Å². The lowest BCUT2D eigenvalue weighted by Gasteiger charge is -2.42. The lowest BCUT2D eigenvalue weighted by atomic mass is 9.83. The normalized spacial score (nSPS) is 18.5. The molecule has 1 amide bonds. The van der Waals surface area contributed by atoms with Crippen molar-refractivity contribution in [3.8, 4) is 11.5 Å². The maximum atomic E-state index is 13.9. The van der Waals surface area contributed by atoms with Crippen LogP contribution in [0.25, 0.3) is 0 Å². The van der Waals surface area contributed by atoms with Crippen molar-refractivity contribution in [3.63, 3.8) is 0 Å². The summed E-state index contributed by atoms with van der Waals surface area (Å²) < 4.78 is 25.9. The quantitative estimate of drug-likeness (QED) is 0.714. The second-order valence-corrected chi connectivity index (χ2v) is 7.24. The van der Waals surface area contributed by atoms with Gasteiger partial charge < -0.3 is 14.8 Å². The van der Waals surface area contributed by atoms with E-state index in [1.165, 1.54) is 12.1 Å². The van der Waals surface area contributed by atoms with Crippen molar-refractivity contribution in [2.45, 2.75) is 64.2 Å². The summed E-state index contributed by atoms with van der Waals surface area (Å²) in [5.41, 5.74) is 0.662.